The lowest BCUT2D eigenvalue weighted by atomic mass is 10.1. The summed E-state index contributed by atoms with van der Waals surface area (Å²) >= 11 is 1.26. The summed E-state index contributed by atoms with van der Waals surface area (Å²) in [6, 6.07) is 11.1. The van der Waals surface area contributed by atoms with Crippen molar-refractivity contribution in [3.05, 3.63) is 59.2 Å². The van der Waals surface area contributed by atoms with E-state index in [4.69, 9.17) is 9.47 Å². The molecular weight excluding hydrogens is 397 g/mol. The molecule has 148 valence electrons. The van der Waals surface area contributed by atoms with Gasteiger partial charge in [-0.15, -0.1) is 11.3 Å². The number of carbonyl (C=O) groups excluding carboxylic acids is 2. The zero-order chi connectivity index (χ0) is 20.2. The number of aromatic nitrogens is 1. The first-order chi connectivity index (χ1) is 14.1. The summed E-state index contributed by atoms with van der Waals surface area (Å²) < 4.78 is 24.7. The van der Waals surface area contributed by atoms with Gasteiger partial charge in [0.05, 0.1) is 17.8 Å². The van der Waals surface area contributed by atoms with Crippen molar-refractivity contribution in [2.45, 2.75) is 0 Å². The average molecular weight is 413 g/mol. The van der Waals surface area contributed by atoms with Crippen LogP contribution in [0.1, 0.15) is 10.4 Å². The van der Waals surface area contributed by atoms with E-state index >= 15 is 0 Å². The second kappa shape index (κ2) is 8.27. The molecule has 2 aromatic carbocycles. The Labute approximate surface area is 169 Å². The van der Waals surface area contributed by atoms with Crippen molar-refractivity contribution in [1.82, 2.24) is 10.3 Å². The Morgan fingerprint density at radius 2 is 1.90 bits per heavy atom. The fraction of sp³-hybridized carbons (Fsp3) is 0.150. The van der Waals surface area contributed by atoms with E-state index in [1.165, 1.54) is 29.5 Å². The van der Waals surface area contributed by atoms with Crippen molar-refractivity contribution in [2.24, 2.45) is 0 Å². The molecule has 0 unspecified atom stereocenters. The van der Waals surface area contributed by atoms with Crippen LogP contribution < -0.4 is 20.1 Å². The van der Waals surface area contributed by atoms with E-state index in [0.717, 1.165) is 5.56 Å². The maximum atomic E-state index is 13.6. The molecule has 0 saturated carbocycles. The Hall–Kier alpha value is -3.46. The molecule has 0 aliphatic carbocycles. The largest absolute Gasteiger partial charge is 0.486 e. The van der Waals surface area contributed by atoms with Crippen LogP contribution in [0.15, 0.2) is 47.8 Å². The van der Waals surface area contributed by atoms with E-state index in [1.54, 1.807) is 11.4 Å². The lowest BCUT2D eigenvalue weighted by Crippen LogP contribution is -2.33. The van der Waals surface area contributed by atoms with Gasteiger partial charge in [-0.25, -0.2) is 9.37 Å². The third kappa shape index (κ3) is 4.35. The van der Waals surface area contributed by atoms with Crippen LogP contribution in [0.2, 0.25) is 0 Å². The van der Waals surface area contributed by atoms with Crippen molar-refractivity contribution in [2.75, 3.05) is 25.1 Å². The number of hydrogen-bond acceptors (Lipinski definition) is 6. The monoisotopic (exact) mass is 413 g/mol. The number of benzene rings is 2. The number of amides is 2. The molecule has 0 radical (unpaired) electrons. The Bertz CT molecular complexity index is 1070. The topological polar surface area (TPSA) is 89.6 Å². The van der Waals surface area contributed by atoms with Crippen LogP contribution in [-0.2, 0) is 4.79 Å². The molecule has 1 aromatic heterocycles. The van der Waals surface area contributed by atoms with Gasteiger partial charge in [0, 0.05) is 10.9 Å². The van der Waals surface area contributed by atoms with E-state index in [1.807, 2.05) is 18.2 Å². The molecule has 1 aliphatic heterocycles. The summed E-state index contributed by atoms with van der Waals surface area (Å²) in [4.78, 5) is 28.4. The number of carbonyl (C=O) groups is 2. The molecule has 2 N–H and O–H groups in total. The van der Waals surface area contributed by atoms with Gasteiger partial charge in [-0.05, 0) is 30.3 Å². The summed E-state index contributed by atoms with van der Waals surface area (Å²) in [6.45, 7) is 0.714. The van der Waals surface area contributed by atoms with Gasteiger partial charge in [0.1, 0.15) is 19.0 Å². The molecule has 1 aliphatic rings. The molecule has 0 bridgehead atoms. The Kier molecular flexibility index (Phi) is 5.39. The first-order valence-corrected chi connectivity index (χ1v) is 9.66. The minimum absolute atomic E-state index is 0.115. The second-order valence-electron chi connectivity index (χ2n) is 6.11. The summed E-state index contributed by atoms with van der Waals surface area (Å²) in [7, 11) is 0. The molecule has 7 nitrogen and oxygen atoms in total. The van der Waals surface area contributed by atoms with Crippen LogP contribution >= 0.6 is 11.3 Å². The number of halogens is 1. The minimum Gasteiger partial charge on any atom is -0.486 e. The van der Waals surface area contributed by atoms with Gasteiger partial charge in [0.2, 0.25) is 5.91 Å². The number of ether oxygens (including phenoxy) is 2. The van der Waals surface area contributed by atoms with Crippen molar-refractivity contribution in [3.8, 4) is 22.8 Å². The molecular formula is C20H16FN3O4S. The lowest BCUT2D eigenvalue weighted by Gasteiger charge is -2.18. The zero-order valence-corrected chi connectivity index (χ0v) is 15.9. The molecule has 0 spiro atoms. The maximum Gasteiger partial charge on any atom is 0.254 e. The molecule has 29 heavy (non-hydrogen) atoms. The van der Waals surface area contributed by atoms with Crippen LogP contribution in [-0.4, -0.2) is 36.6 Å². The fourth-order valence-corrected chi connectivity index (χ4v) is 3.47. The Morgan fingerprint density at radius 1 is 1.10 bits per heavy atom. The number of fused-ring (bicyclic) bond motifs is 1. The standard InChI is InChI=1S/C20H16FN3O4S/c21-14-4-2-1-3-13(14)19(26)22-10-18(25)24-20-23-15(11-29-20)12-5-6-16-17(9-12)28-8-7-27-16/h1-6,9,11H,7-8,10H2,(H,22,26)(H,23,24,25). The predicted octanol–water partition coefficient (Wildman–Crippen LogP) is 3.09. The van der Waals surface area contributed by atoms with Gasteiger partial charge in [-0.1, -0.05) is 12.1 Å². The highest BCUT2D eigenvalue weighted by molar-refractivity contribution is 7.14. The molecule has 2 amide bonds. The first-order valence-electron chi connectivity index (χ1n) is 8.78. The number of anilines is 1. The predicted molar refractivity (Wildman–Crippen MR) is 106 cm³/mol. The quantitative estimate of drug-likeness (QED) is 0.671. The highest BCUT2D eigenvalue weighted by Gasteiger charge is 2.15. The normalized spacial score (nSPS) is 12.3. The SMILES string of the molecule is O=C(CNC(=O)c1ccccc1F)Nc1nc(-c2ccc3c(c2)OCCO3)cs1. The van der Waals surface area contributed by atoms with Gasteiger partial charge in [0.15, 0.2) is 16.6 Å². The third-order valence-electron chi connectivity index (χ3n) is 4.12. The summed E-state index contributed by atoms with van der Waals surface area (Å²) in [5, 5.41) is 7.20. The highest BCUT2D eigenvalue weighted by Crippen LogP contribution is 2.35. The Balaban J connectivity index is 1.36. The molecule has 2 heterocycles. The first kappa shape index (κ1) is 18.9. The van der Waals surface area contributed by atoms with Crippen LogP contribution in [0.4, 0.5) is 9.52 Å². The van der Waals surface area contributed by atoms with E-state index < -0.39 is 17.6 Å². The average Bonchev–Trinajstić information content (AvgIpc) is 3.20. The summed E-state index contributed by atoms with van der Waals surface area (Å²) in [5.74, 6) is -0.418. The molecule has 4 rings (SSSR count). The van der Waals surface area contributed by atoms with Gasteiger partial charge in [0.25, 0.3) is 5.91 Å². The van der Waals surface area contributed by atoms with Crippen LogP contribution in [0, 0.1) is 5.82 Å². The lowest BCUT2D eigenvalue weighted by molar-refractivity contribution is -0.115. The molecule has 9 heteroatoms. The van der Waals surface area contributed by atoms with Crippen molar-refractivity contribution in [3.63, 3.8) is 0 Å². The molecule has 0 saturated heterocycles. The fourth-order valence-electron chi connectivity index (χ4n) is 2.73. The van der Waals surface area contributed by atoms with Crippen molar-refractivity contribution < 1.29 is 23.5 Å². The minimum atomic E-state index is -0.658. The molecule has 3 aromatic rings. The van der Waals surface area contributed by atoms with Crippen LogP contribution in [0.25, 0.3) is 11.3 Å². The van der Waals surface area contributed by atoms with Crippen molar-refractivity contribution >= 4 is 28.3 Å². The summed E-state index contributed by atoms with van der Waals surface area (Å²) in [5.41, 5.74) is 1.40. The van der Waals surface area contributed by atoms with Gasteiger partial charge in [-0.2, -0.15) is 0 Å². The third-order valence-corrected chi connectivity index (χ3v) is 4.87. The van der Waals surface area contributed by atoms with E-state index in [0.29, 0.717) is 35.5 Å². The zero-order valence-electron chi connectivity index (χ0n) is 15.1. The summed E-state index contributed by atoms with van der Waals surface area (Å²) in [6.07, 6.45) is 0. The number of nitrogens with one attached hydrogen (secondary N) is 2. The van der Waals surface area contributed by atoms with E-state index in [-0.39, 0.29) is 12.1 Å². The second-order valence-corrected chi connectivity index (χ2v) is 6.97. The van der Waals surface area contributed by atoms with Gasteiger partial charge >= 0.3 is 0 Å². The van der Waals surface area contributed by atoms with Crippen molar-refractivity contribution in [1.29, 1.82) is 0 Å². The van der Waals surface area contributed by atoms with Crippen LogP contribution in [0.5, 0.6) is 11.5 Å². The number of nitrogens with zero attached hydrogens (tertiary/aromatic N) is 1. The van der Waals surface area contributed by atoms with Gasteiger partial charge in [-0.3, -0.25) is 9.59 Å². The smallest absolute Gasteiger partial charge is 0.254 e. The van der Waals surface area contributed by atoms with Crippen LogP contribution in [0.3, 0.4) is 0 Å². The number of thiazole rings is 1. The molecule has 0 atom stereocenters. The number of hydrogen-bond donors (Lipinski definition) is 2. The highest BCUT2D eigenvalue weighted by atomic mass is 32.1. The molecule has 0 fully saturated rings. The number of rotatable bonds is 5. The van der Waals surface area contributed by atoms with Gasteiger partial charge < -0.3 is 20.1 Å². The van der Waals surface area contributed by atoms with E-state index in [9.17, 15) is 14.0 Å². The Morgan fingerprint density at radius 3 is 2.72 bits per heavy atom. The van der Waals surface area contributed by atoms with E-state index in [2.05, 4.69) is 15.6 Å². The maximum absolute atomic E-state index is 13.6.